The van der Waals surface area contributed by atoms with E-state index in [1.807, 2.05) is 13.8 Å². The molecule has 1 atom stereocenters. The minimum Gasteiger partial charge on any atom is -0.467 e. The number of ether oxygens (including phenoxy) is 1. The van der Waals surface area contributed by atoms with Gasteiger partial charge in [0.15, 0.2) is 0 Å². The number of rotatable bonds is 7. The molecule has 1 aliphatic heterocycles. The Morgan fingerprint density at radius 3 is 2.62 bits per heavy atom. The lowest BCUT2D eigenvalue weighted by Gasteiger charge is -2.18. The van der Waals surface area contributed by atoms with Crippen molar-refractivity contribution in [3.63, 3.8) is 0 Å². The summed E-state index contributed by atoms with van der Waals surface area (Å²) in [5.41, 5.74) is 0.486. The van der Waals surface area contributed by atoms with E-state index >= 15 is 0 Å². The fourth-order valence-electron chi connectivity index (χ4n) is 2.61. The molecule has 0 radical (unpaired) electrons. The third-order valence-corrected chi connectivity index (χ3v) is 5.20. The number of carbonyl (C=O) groups is 2. The number of fused-ring (bicyclic) bond motifs is 1. The summed E-state index contributed by atoms with van der Waals surface area (Å²) in [7, 11) is -2.32. The number of sulfonamides is 1. The number of nitrogens with zero attached hydrogens (tertiary/aromatic N) is 1. The van der Waals surface area contributed by atoms with Crippen LogP contribution in [0.2, 0.25) is 0 Å². The molecule has 142 valence electrons. The first-order valence-electron chi connectivity index (χ1n) is 8.28. The van der Waals surface area contributed by atoms with Crippen molar-refractivity contribution in [2.75, 3.05) is 13.7 Å². The van der Waals surface area contributed by atoms with Gasteiger partial charge in [-0.2, -0.15) is 0 Å². The molecule has 1 amide bonds. The molecule has 26 heavy (non-hydrogen) atoms. The van der Waals surface area contributed by atoms with Crippen molar-refractivity contribution in [1.82, 2.24) is 10.0 Å². The number of amidine groups is 1. The third kappa shape index (κ3) is 4.81. The molecule has 1 aliphatic rings. The van der Waals surface area contributed by atoms with Crippen molar-refractivity contribution < 1.29 is 22.7 Å². The van der Waals surface area contributed by atoms with Crippen LogP contribution in [0.5, 0.6) is 0 Å². The van der Waals surface area contributed by atoms with Crippen molar-refractivity contribution in [1.29, 1.82) is 0 Å². The lowest BCUT2D eigenvalue weighted by Crippen LogP contribution is -2.42. The zero-order valence-corrected chi connectivity index (χ0v) is 15.8. The van der Waals surface area contributed by atoms with E-state index in [4.69, 9.17) is 4.74 Å². The zero-order chi connectivity index (χ0) is 19.3. The van der Waals surface area contributed by atoms with E-state index in [2.05, 4.69) is 15.0 Å². The number of amides is 1. The summed E-state index contributed by atoms with van der Waals surface area (Å²) >= 11 is 0. The van der Waals surface area contributed by atoms with Crippen LogP contribution in [0.1, 0.15) is 32.3 Å². The van der Waals surface area contributed by atoms with Crippen molar-refractivity contribution >= 4 is 27.7 Å². The number of aliphatic imine (C=N–C) groups is 1. The van der Waals surface area contributed by atoms with Crippen molar-refractivity contribution in [2.45, 2.75) is 37.6 Å². The summed E-state index contributed by atoms with van der Waals surface area (Å²) in [5.74, 6) is -0.403. The van der Waals surface area contributed by atoms with Gasteiger partial charge in [-0.15, -0.1) is 0 Å². The highest BCUT2D eigenvalue weighted by Crippen LogP contribution is 2.22. The van der Waals surface area contributed by atoms with Gasteiger partial charge in [0, 0.05) is 12.0 Å². The molecule has 9 heteroatoms. The topological polar surface area (TPSA) is 114 Å². The SMILES string of the molecule is COC(=O)[C@H](CC(C)C)NC(=O)CCN=C1NS(=O)(=O)c2ccccc21. The van der Waals surface area contributed by atoms with Gasteiger partial charge >= 0.3 is 5.97 Å². The Kier molecular flexibility index (Phi) is 6.36. The van der Waals surface area contributed by atoms with Crippen molar-refractivity contribution in [3.8, 4) is 0 Å². The lowest BCUT2D eigenvalue weighted by molar-refractivity contribution is -0.145. The van der Waals surface area contributed by atoms with Crippen LogP contribution in [0, 0.1) is 5.92 Å². The summed E-state index contributed by atoms with van der Waals surface area (Å²) in [6, 6.07) is 5.81. The second-order valence-electron chi connectivity index (χ2n) is 6.35. The highest BCUT2D eigenvalue weighted by Gasteiger charge is 2.30. The normalized spacial score (nSPS) is 17.5. The largest absolute Gasteiger partial charge is 0.467 e. The van der Waals surface area contributed by atoms with E-state index < -0.39 is 22.0 Å². The van der Waals surface area contributed by atoms with E-state index in [0.29, 0.717) is 12.0 Å². The van der Waals surface area contributed by atoms with Gasteiger partial charge in [0.2, 0.25) is 5.91 Å². The molecular weight excluding hydrogens is 358 g/mol. The van der Waals surface area contributed by atoms with Gasteiger partial charge in [0.05, 0.1) is 18.6 Å². The molecule has 0 fully saturated rings. The second-order valence-corrected chi connectivity index (χ2v) is 8.01. The summed E-state index contributed by atoms with van der Waals surface area (Å²) in [6.45, 7) is 3.98. The average Bonchev–Trinajstić information content (AvgIpc) is 2.84. The van der Waals surface area contributed by atoms with Gasteiger partial charge in [-0.3, -0.25) is 14.5 Å². The van der Waals surface area contributed by atoms with Crippen LogP contribution < -0.4 is 10.0 Å². The van der Waals surface area contributed by atoms with Crippen LogP contribution in [0.3, 0.4) is 0 Å². The maximum atomic E-state index is 12.1. The van der Waals surface area contributed by atoms with Crippen LogP contribution in [0.25, 0.3) is 0 Å². The van der Waals surface area contributed by atoms with Crippen LogP contribution >= 0.6 is 0 Å². The van der Waals surface area contributed by atoms with Crippen LogP contribution in [0.4, 0.5) is 0 Å². The first kappa shape index (κ1) is 19.9. The highest BCUT2D eigenvalue weighted by atomic mass is 32.2. The van der Waals surface area contributed by atoms with Gasteiger partial charge in [-0.05, 0) is 24.5 Å². The van der Waals surface area contributed by atoms with Gasteiger partial charge in [-0.25, -0.2) is 13.2 Å². The molecule has 1 aromatic carbocycles. The maximum absolute atomic E-state index is 12.1. The van der Waals surface area contributed by atoms with Crippen LogP contribution in [0.15, 0.2) is 34.2 Å². The van der Waals surface area contributed by atoms with Crippen molar-refractivity contribution in [3.05, 3.63) is 29.8 Å². The first-order chi connectivity index (χ1) is 12.2. The molecule has 8 nitrogen and oxygen atoms in total. The predicted molar refractivity (Wildman–Crippen MR) is 96.2 cm³/mol. The van der Waals surface area contributed by atoms with E-state index in [-0.39, 0.29) is 35.5 Å². The Bertz CT molecular complexity index is 817. The number of hydrogen-bond donors (Lipinski definition) is 2. The molecule has 0 unspecified atom stereocenters. The molecule has 0 saturated heterocycles. The minimum absolute atomic E-state index is 0.0268. The Labute approximate surface area is 153 Å². The van der Waals surface area contributed by atoms with Gasteiger partial charge in [0.25, 0.3) is 10.0 Å². The smallest absolute Gasteiger partial charge is 0.328 e. The van der Waals surface area contributed by atoms with E-state index in [0.717, 1.165) is 0 Å². The summed E-state index contributed by atoms with van der Waals surface area (Å²) in [6.07, 6.45) is 0.499. The Hall–Kier alpha value is -2.42. The molecule has 2 rings (SSSR count). The van der Waals surface area contributed by atoms with Gasteiger partial charge in [-0.1, -0.05) is 26.0 Å². The molecule has 0 aliphatic carbocycles. The van der Waals surface area contributed by atoms with Gasteiger partial charge in [0.1, 0.15) is 11.9 Å². The molecular formula is C17H23N3O5S. The molecule has 0 bridgehead atoms. The summed E-state index contributed by atoms with van der Waals surface area (Å²) in [4.78, 5) is 28.2. The fourth-order valence-corrected chi connectivity index (χ4v) is 3.87. The molecule has 0 spiro atoms. The van der Waals surface area contributed by atoms with Crippen LogP contribution in [-0.4, -0.2) is 45.8 Å². The summed E-state index contributed by atoms with van der Waals surface area (Å²) in [5, 5.41) is 2.64. The number of carbonyl (C=O) groups excluding carboxylic acids is 2. The average molecular weight is 381 g/mol. The van der Waals surface area contributed by atoms with E-state index in [1.54, 1.807) is 18.2 Å². The minimum atomic E-state index is -3.60. The lowest BCUT2D eigenvalue weighted by atomic mass is 10.0. The number of methoxy groups -OCH3 is 1. The Morgan fingerprint density at radius 1 is 1.27 bits per heavy atom. The zero-order valence-electron chi connectivity index (χ0n) is 15.0. The number of hydrogen-bond acceptors (Lipinski definition) is 6. The van der Waals surface area contributed by atoms with Gasteiger partial charge < -0.3 is 10.1 Å². The van der Waals surface area contributed by atoms with E-state index in [9.17, 15) is 18.0 Å². The monoisotopic (exact) mass is 381 g/mol. The van der Waals surface area contributed by atoms with Crippen LogP contribution in [-0.2, 0) is 24.3 Å². The Morgan fingerprint density at radius 2 is 1.96 bits per heavy atom. The molecule has 0 saturated carbocycles. The second kappa shape index (κ2) is 8.31. The predicted octanol–water partition coefficient (Wildman–Crippen LogP) is 0.819. The molecule has 1 aromatic rings. The maximum Gasteiger partial charge on any atom is 0.328 e. The first-order valence-corrected chi connectivity index (χ1v) is 9.76. The number of nitrogens with one attached hydrogen (secondary N) is 2. The quantitative estimate of drug-likeness (QED) is 0.679. The van der Waals surface area contributed by atoms with Crippen molar-refractivity contribution in [2.24, 2.45) is 10.9 Å². The number of esters is 1. The standard InChI is InChI=1S/C17H23N3O5S/c1-11(2)10-13(17(22)25-3)19-15(21)8-9-18-16-12-6-4-5-7-14(12)26(23,24)20-16/h4-7,11,13H,8-10H2,1-3H3,(H,18,20)(H,19,21)/t13-/m0/s1. The fraction of sp³-hybridized carbons (Fsp3) is 0.471. The molecule has 2 N–H and O–H groups in total. The number of benzene rings is 1. The Balaban J connectivity index is 1.98. The summed E-state index contributed by atoms with van der Waals surface area (Å²) < 4.78 is 31.1. The third-order valence-electron chi connectivity index (χ3n) is 3.80. The highest BCUT2D eigenvalue weighted by molar-refractivity contribution is 7.90. The molecule has 0 aromatic heterocycles. The van der Waals surface area contributed by atoms with E-state index in [1.165, 1.54) is 13.2 Å². The molecule has 1 heterocycles.